The van der Waals surface area contributed by atoms with Gasteiger partial charge < -0.3 is 10.4 Å². The van der Waals surface area contributed by atoms with Gasteiger partial charge in [-0.15, -0.1) is 0 Å². The van der Waals surface area contributed by atoms with Crippen LogP contribution in [0.4, 0.5) is 5.82 Å². The Morgan fingerprint density at radius 1 is 1.50 bits per heavy atom. The molecule has 0 radical (unpaired) electrons. The summed E-state index contributed by atoms with van der Waals surface area (Å²) in [6.45, 7) is 2.18. The van der Waals surface area contributed by atoms with Crippen LogP contribution in [0.15, 0.2) is 15.8 Å². The molecule has 0 aromatic carbocycles. The van der Waals surface area contributed by atoms with E-state index >= 15 is 0 Å². The summed E-state index contributed by atoms with van der Waals surface area (Å²) >= 11 is 5.04. The topological polar surface area (TPSA) is 58.0 Å². The number of nitrogens with zero attached hydrogens (tertiary/aromatic N) is 2. The van der Waals surface area contributed by atoms with Gasteiger partial charge in [0.2, 0.25) is 0 Å². The van der Waals surface area contributed by atoms with Gasteiger partial charge in [0.15, 0.2) is 5.16 Å². The molecule has 1 unspecified atom stereocenters. The Morgan fingerprint density at radius 2 is 2.30 bits per heavy atom. The highest BCUT2D eigenvalue weighted by atomic mass is 79.9. The maximum Gasteiger partial charge on any atom is 0.189 e. The average molecular weight is 360 g/mol. The number of anilines is 1. The first-order valence-corrected chi connectivity index (χ1v) is 9.17. The van der Waals surface area contributed by atoms with E-state index in [1.54, 1.807) is 6.20 Å². The van der Waals surface area contributed by atoms with Crippen molar-refractivity contribution in [3.63, 3.8) is 0 Å². The second-order valence-electron chi connectivity index (χ2n) is 5.32. The number of aromatic nitrogens is 2. The van der Waals surface area contributed by atoms with E-state index in [-0.39, 0.29) is 6.10 Å². The van der Waals surface area contributed by atoms with E-state index in [4.69, 9.17) is 0 Å². The summed E-state index contributed by atoms with van der Waals surface area (Å²) < 4.78 is 0.897. The van der Waals surface area contributed by atoms with Crippen molar-refractivity contribution in [3.8, 4) is 0 Å². The zero-order valence-electron chi connectivity index (χ0n) is 12.0. The zero-order valence-corrected chi connectivity index (χ0v) is 14.4. The van der Waals surface area contributed by atoms with Crippen LogP contribution in [0.1, 0.15) is 39.0 Å². The molecule has 0 bridgehead atoms. The Kier molecular flexibility index (Phi) is 6.11. The molecule has 0 saturated heterocycles. The second kappa shape index (κ2) is 7.61. The molecule has 1 heterocycles. The van der Waals surface area contributed by atoms with Gasteiger partial charge in [-0.3, -0.25) is 0 Å². The predicted octanol–water partition coefficient (Wildman–Crippen LogP) is 3.70. The van der Waals surface area contributed by atoms with Gasteiger partial charge in [0.25, 0.3) is 0 Å². The molecule has 2 rings (SSSR count). The summed E-state index contributed by atoms with van der Waals surface area (Å²) in [6, 6.07) is 0.385. The number of nitrogens with one attached hydrogen (secondary N) is 1. The lowest BCUT2D eigenvalue weighted by Gasteiger charge is -2.34. The molecule has 2 N–H and O–H groups in total. The van der Waals surface area contributed by atoms with E-state index in [2.05, 4.69) is 38.1 Å². The van der Waals surface area contributed by atoms with Crippen molar-refractivity contribution in [2.45, 2.75) is 56.3 Å². The third kappa shape index (κ3) is 4.09. The molecule has 1 aromatic rings. The third-order valence-corrected chi connectivity index (χ3v) is 4.99. The Morgan fingerprint density at radius 3 is 3.00 bits per heavy atom. The molecule has 0 aliphatic heterocycles. The summed E-state index contributed by atoms with van der Waals surface area (Å²) in [7, 11) is 0. The lowest BCUT2D eigenvalue weighted by molar-refractivity contribution is 0.0605. The SMILES string of the molecule is CCCC1C[C@@H](Nc2nc(SC)ncc2Br)CC[C@@H]1O. The minimum Gasteiger partial charge on any atom is -0.393 e. The van der Waals surface area contributed by atoms with Gasteiger partial charge in [0, 0.05) is 12.2 Å². The normalized spacial score (nSPS) is 26.5. The minimum atomic E-state index is -0.136. The first-order valence-electron chi connectivity index (χ1n) is 7.15. The Bertz CT molecular complexity index is 446. The average Bonchev–Trinajstić information content (AvgIpc) is 2.45. The molecule has 6 heteroatoms. The highest BCUT2D eigenvalue weighted by Crippen LogP contribution is 2.31. The maximum atomic E-state index is 10.1. The smallest absolute Gasteiger partial charge is 0.189 e. The van der Waals surface area contributed by atoms with Gasteiger partial charge in [0.05, 0.1) is 10.6 Å². The van der Waals surface area contributed by atoms with Crippen LogP contribution in [-0.4, -0.2) is 33.5 Å². The van der Waals surface area contributed by atoms with Crippen LogP contribution < -0.4 is 5.32 Å². The summed E-state index contributed by atoms with van der Waals surface area (Å²) in [5.41, 5.74) is 0. The van der Waals surface area contributed by atoms with Crippen LogP contribution in [0.5, 0.6) is 0 Å². The lowest BCUT2D eigenvalue weighted by Crippen LogP contribution is -2.35. The molecule has 0 amide bonds. The lowest BCUT2D eigenvalue weighted by atomic mass is 9.81. The summed E-state index contributed by atoms with van der Waals surface area (Å²) in [5.74, 6) is 1.27. The molecule has 1 fully saturated rings. The van der Waals surface area contributed by atoms with Crippen molar-refractivity contribution >= 4 is 33.5 Å². The van der Waals surface area contributed by atoms with Crippen LogP contribution in [0.2, 0.25) is 0 Å². The van der Waals surface area contributed by atoms with Gasteiger partial charge in [-0.25, -0.2) is 9.97 Å². The van der Waals surface area contributed by atoms with E-state index in [0.29, 0.717) is 12.0 Å². The van der Waals surface area contributed by atoms with E-state index in [1.807, 2.05) is 6.26 Å². The second-order valence-corrected chi connectivity index (χ2v) is 6.95. The van der Waals surface area contributed by atoms with Gasteiger partial charge in [-0.2, -0.15) is 0 Å². The van der Waals surface area contributed by atoms with Gasteiger partial charge in [-0.1, -0.05) is 25.1 Å². The number of hydrogen-bond acceptors (Lipinski definition) is 5. The molecule has 1 saturated carbocycles. The Balaban J connectivity index is 2.02. The molecule has 112 valence electrons. The molecule has 20 heavy (non-hydrogen) atoms. The highest BCUT2D eigenvalue weighted by molar-refractivity contribution is 9.10. The Hall–Kier alpha value is -0.330. The number of halogens is 1. The Labute approximate surface area is 133 Å². The first kappa shape index (κ1) is 16.0. The van der Waals surface area contributed by atoms with Crippen LogP contribution in [0.3, 0.4) is 0 Å². The van der Waals surface area contributed by atoms with Crippen LogP contribution >= 0.6 is 27.7 Å². The molecule has 3 atom stereocenters. The van der Waals surface area contributed by atoms with Crippen LogP contribution in [0, 0.1) is 5.92 Å². The first-order chi connectivity index (χ1) is 9.63. The monoisotopic (exact) mass is 359 g/mol. The van der Waals surface area contributed by atoms with E-state index in [1.165, 1.54) is 11.8 Å². The summed E-state index contributed by atoms with van der Waals surface area (Å²) in [6.07, 6.45) is 8.74. The van der Waals surface area contributed by atoms with Crippen LogP contribution in [0.25, 0.3) is 0 Å². The molecule has 1 aliphatic rings. The summed E-state index contributed by atoms with van der Waals surface area (Å²) in [4.78, 5) is 8.74. The largest absolute Gasteiger partial charge is 0.393 e. The highest BCUT2D eigenvalue weighted by Gasteiger charge is 2.28. The number of rotatable bonds is 5. The fraction of sp³-hybridized carbons (Fsp3) is 0.714. The van der Waals surface area contributed by atoms with Crippen molar-refractivity contribution in [1.82, 2.24) is 9.97 Å². The quantitative estimate of drug-likeness (QED) is 0.619. The van der Waals surface area contributed by atoms with Gasteiger partial charge >= 0.3 is 0 Å². The number of aliphatic hydroxyl groups is 1. The van der Waals surface area contributed by atoms with Crippen molar-refractivity contribution in [2.75, 3.05) is 11.6 Å². The number of aliphatic hydroxyl groups excluding tert-OH is 1. The van der Waals surface area contributed by atoms with Gasteiger partial charge in [-0.05, 0) is 53.8 Å². The van der Waals surface area contributed by atoms with Crippen molar-refractivity contribution in [2.24, 2.45) is 5.92 Å². The minimum absolute atomic E-state index is 0.136. The zero-order chi connectivity index (χ0) is 14.5. The van der Waals surface area contributed by atoms with Gasteiger partial charge in [0.1, 0.15) is 5.82 Å². The van der Waals surface area contributed by atoms with E-state index < -0.39 is 0 Å². The number of hydrogen-bond donors (Lipinski definition) is 2. The van der Waals surface area contributed by atoms with Crippen molar-refractivity contribution in [3.05, 3.63) is 10.7 Å². The molecule has 4 nitrogen and oxygen atoms in total. The molecule has 1 aromatic heterocycles. The van der Waals surface area contributed by atoms with Crippen molar-refractivity contribution in [1.29, 1.82) is 0 Å². The molecule has 0 spiro atoms. The third-order valence-electron chi connectivity index (χ3n) is 3.85. The summed E-state index contributed by atoms with van der Waals surface area (Å²) in [5, 5.41) is 14.3. The van der Waals surface area contributed by atoms with Crippen molar-refractivity contribution < 1.29 is 5.11 Å². The predicted molar refractivity (Wildman–Crippen MR) is 87.2 cm³/mol. The molecular weight excluding hydrogens is 338 g/mol. The van der Waals surface area contributed by atoms with E-state index in [9.17, 15) is 5.11 Å². The molecule has 1 aliphatic carbocycles. The fourth-order valence-corrected chi connectivity index (χ4v) is 3.45. The fourth-order valence-electron chi connectivity index (χ4n) is 2.80. The number of thioether (sulfide) groups is 1. The maximum absolute atomic E-state index is 10.1. The standard InChI is InChI=1S/C14H22BrN3OS/c1-3-4-9-7-10(5-6-12(9)19)17-13-11(15)8-16-14(18-13)20-2/h8-10,12,19H,3-7H2,1-2H3,(H,16,17,18)/t9?,10-,12-/m0/s1. The van der Waals surface area contributed by atoms with Crippen LogP contribution in [-0.2, 0) is 0 Å². The molecular formula is C14H22BrN3OS. The van der Waals surface area contributed by atoms with E-state index in [0.717, 1.165) is 47.6 Å².